The van der Waals surface area contributed by atoms with Gasteiger partial charge in [-0.05, 0) is 42.8 Å². The number of carbonyl (C=O) groups excluding carboxylic acids is 2. The van der Waals surface area contributed by atoms with E-state index >= 15 is 0 Å². The monoisotopic (exact) mass is 353 g/mol. The first-order valence-electron chi connectivity index (χ1n) is 6.55. The van der Waals surface area contributed by atoms with Gasteiger partial charge in [0, 0.05) is 11.2 Å². The minimum atomic E-state index is -0.509. The zero-order valence-electron chi connectivity index (χ0n) is 12.1. The van der Waals surface area contributed by atoms with Gasteiger partial charge in [-0.3, -0.25) is 20.4 Å². The molecule has 6 nitrogen and oxygen atoms in total. The molecule has 0 saturated heterocycles. The third-order valence-electron chi connectivity index (χ3n) is 2.80. The maximum Gasteiger partial charge on any atom is 0.276 e. The number of carbonyl (C=O) groups is 2. The number of rotatable bonds is 4. The van der Waals surface area contributed by atoms with Crippen molar-refractivity contribution >= 4 is 35.0 Å². The van der Waals surface area contributed by atoms with Gasteiger partial charge in [-0.25, -0.2) is 4.98 Å². The zero-order chi connectivity index (χ0) is 16.8. The molecule has 0 unspecified atom stereocenters. The van der Waals surface area contributed by atoms with Gasteiger partial charge in [0.25, 0.3) is 11.8 Å². The third kappa shape index (κ3) is 5.12. The summed E-state index contributed by atoms with van der Waals surface area (Å²) in [7, 11) is 0. The number of pyridine rings is 1. The molecule has 0 bridgehead atoms. The van der Waals surface area contributed by atoms with Crippen LogP contribution in [0, 0.1) is 6.92 Å². The van der Waals surface area contributed by atoms with Crippen molar-refractivity contribution in [1.82, 2.24) is 15.8 Å². The predicted octanol–water partition coefficient (Wildman–Crippen LogP) is 2.54. The molecule has 1 heterocycles. The van der Waals surface area contributed by atoms with E-state index in [2.05, 4.69) is 15.8 Å². The molecule has 0 atom stereocenters. The summed E-state index contributed by atoms with van der Waals surface area (Å²) in [5.41, 5.74) is 5.58. The fourth-order valence-corrected chi connectivity index (χ4v) is 2.00. The minimum absolute atomic E-state index is 0.248. The molecule has 2 rings (SSSR count). The first kappa shape index (κ1) is 17.1. The van der Waals surface area contributed by atoms with Crippen LogP contribution < -0.4 is 15.6 Å². The number of nitrogens with zero attached hydrogens (tertiary/aromatic N) is 1. The number of amides is 2. The van der Waals surface area contributed by atoms with E-state index in [1.165, 1.54) is 18.3 Å². The van der Waals surface area contributed by atoms with E-state index in [9.17, 15) is 9.59 Å². The van der Waals surface area contributed by atoms with Crippen LogP contribution in [0.1, 0.15) is 15.9 Å². The molecule has 0 spiro atoms. The van der Waals surface area contributed by atoms with Crippen molar-refractivity contribution in [1.29, 1.82) is 0 Å². The molecule has 2 amide bonds. The van der Waals surface area contributed by atoms with Crippen molar-refractivity contribution in [3.8, 4) is 5.75 Å². The standard InChI is InChI=1S/C15H13Cl2N3O3/c1-9-6-11(16)3-4-12(9)23-8-14(21)19-20-15(22)10-2-5-13(17)18-7-10/h2-7H,8H2,1H3,(H,19,21)(H,20,22). The number of hydrogen-bond donors (Lipinski definition) is 2. The van der Waals surface area contributed by atoms with Crippen LogP contribution in [0.5, 0.6) is 5.75 Å². The molecule has 1 aromatic carbocycles. The lowest BCUT2D eigenvalue weighted by molar-refractivity contribution is -0.123. The van der Waals surface area contributed by atoms with Gasteiger partial charge < -0.3 is 4.74 Å². The summed E-state index contributed by atoms with van der Waals surface area (Å²) in [6.07, 6.45) is 1.30. The fourth-order valence-electron chi connectivity index (χ4n) is 1.66. The van der Waals surface area contributed by atoms with E-state index in [0.717, 1.165) is 5.56 Å². The van der Waals surface area contributed by atoms with Crippen molar-refractivity contribution in [2.24, 2.45) is 0 Å². The molecule has 0 radical (unpaired) electrons. The van der Waals surface area contributed by atoms with Crippen LogP contribution >= 0.6 is 23.2 Å². The molecule has 0 saturated carbocycles. The Hall–Kier alpha value is -2.31. The second-order valence-electron chi connectivity index (χ2n) is 4.57. The lowest BCUT2D eigenvalue weighted by Gasteiger charge is -2.10. The van der Waals surface area contributed by atoms with Gasteiger partial charge in [0.2, 0.25) is 0 Å². The molecular formula is C15H13Cl2N3O3. The van der Waals surface area contributed by atoms with E-state index in [0.29, 0.717) is 10.8 Å². The average Bonchev–Trinajstić information content (AvgIpc) is 2.52. The minimum Gasteiger partial charge on any atom is -0.483 e. The summed E-state index contributed by atoms with van der Waals surface area (Å²) >= 11 is 11.5. The molecule has 0 aliphatic carbocycles. The summed E-state index contributed by atoms with van der Waals surface area (Å²) in [6.45, 7) is 1.57. The summed E-state index contributed by atoms with van der Waals surface area (Å²) in [6, 6.07) is 8.03. The van der Waals surface area contributed by atoms with Crippen molar-refractivity contribution in [2.45, 2.75) is 6.92 Å². The van der Waals surface area contributed by atoms with E-state index in [4.69, 9.17) is 27.9 Å². The Kier molecular flexibility index (Phi) is 5.78. The van der Waals surface area contributed by atoms with Crippen LogP contribution in [0.15, 0.2) is 36.5 Å². The number of hydrazine groups is 1. The maximum atomic E-state index is 11.8. The molecule has 1 aromatic heterocycles. The number of benzene rings is 1. The largest absolute Gasteiger partial charge is 0.483 e. The smallest absolute Gasteiger partial charge is 0.276 e. The zero-order valence-corrected chi connectivity index (χ0v) is 13.6. The van der Waals surface area contributed by atoms with Crippen molar-refractivity contribution in [3.63, 3.8) is 0 Å². The van der Waals surface area contributed by atoms with Gasteiger partial charge in [0.1, 0.15) is 10.9 Å². The average molecular weight is 354 g/mol. The normalized spacial score (nSPS) is 10.0. The summed E-state index contributed by atoms with van der Waals surface area (Å²) in [4.78, 5) is 27.2. The number of aryl methyl sites for hydroxylation is 1. The Morgan fingerprint density at radius 1 is 1.17 bits per heavy atom. The quantitative estimate of drug-likeness (QED) is 0.653. The Morgan fingerprint density at radius 2 is 1.96 bits per heavy atom. The summed E-state index contributed by atoms with van der Waals surface area (Å²) in [5.74, 6) is -0.474. The summed E-state index contributed by atoms with van der Waals surface area (Å²) < 4.78 is 5.36. The predicted molar refractivity (Wildman–Crippen MR) is 86.5 cm³/mol. The molecule has 0 aliphatic heterocycles. The first-order valence-corrected chi connectivity index (χ1v) is 7.31. The number of aromatic nitrogens is 1. The van der Waals surface area contributed by atoms with Crippen LogP contribution in [-0.4, -0.2) is 23.4 Å². The number of hydrogen-bond acceptors (Lipinski definition) is 4. The Balaban J connectivity index is 1.81. The SMILES string of the molecule is Cc1cc(Cl)ccc1OCC(=O)NNC(=O)c1ccc(Cl)nc1. The van der Waals surface area contributed by atoms with Crippen LogP contribution in [0.4, 0.5) is 0 Å². The van der Waals surface area contributed by atoms with Crippen molar-refractivity contribution in [3.05, 3.63) is 57.8 Å². The number of halogens is 2. The first-order chi connectivity index (χ1) is 11.0. The molecule has 0 aliphatic rings. The molecule has 2 aromatic rings. The molecular weight excluding hydrogens is 341 g/mol. The molecule has 0 fully saturated rings. The second kappa shape index (κ2) is 7.80. The molecule has 120 valence electrons. The molecule has 2 N–H and O–H groups in total. The van der Waals surface area contributed by atoms with Gasteiger partial charge in [0.05, 0.1) is 5.56 Å². The third-order valence-corrected chi connectivity index (χ3v) is 3.26. The fraction of sp³-hybridized carbons (Fsp3) is 0.133. The summed E-state index contributed by atoms with van der Waals surface area (Å²) in [5, 5.41) is 0.862. The highest BCUT2D eigenvalue weighted by Gasteiger charge is 2.09. The molecule has 8 heteroatoms. The van der Waals surface area contributed by atoms with Crippen LogP contribution in [0.3, 0.4) is 0 Å². The highest BCUT2D eigenvalue weighted by atomic mass is 35.5. The second-order valence-corrected chi connectivity index (χ2v) is 5.39. The topological polar surface area (TPSA) is 80.3 Å². The van der Waals surface area contributed by atoms with E-state index < -0.39 is 11.8 Å². The van der Waals surface area contributed by atoms with Gasteiger partial charge >= 0.3 is 0 Å². The van der Waals surface area contributed by atoms with Crippen molar-refractivity contribution < 1.29 is 14.3 Å². The lowest BCUT2D eigenvalue weighted by Crippen LogP contribution is -2.43. The molecule has 23 heavy (non-hydrogen) atoms. The number of ether oxygens (including phenoxy) is 1. The Morgan fingerprint density at radius 3 is 2.61 bits per heavy atom. The maximum absolute atomic E-state index is 11.8. The van der Waals surface area contributed by atoms with Gasteiger partial charge in [-0.2, -0.15) is 0 Å². The Bertz CT molecular complexity index is 720. The van der Waals surface area contributed by atoms with E-state index in [-0.39, 0.29) is 17.3 Å². The van der Waals surface area contributed by atoms with Gasteiger partial charge in [-0.1, -0.05) is 23.2 Å². The highest BCUT2D eigenvalue weighted by molar-refractivity contribution is 6.30. The lowest BCUT2D eigenvalue weighted by atomic mass is 10.2. The number of nitrogens with one attached hydrogen (secondary N) is 2. The van der Waals surface area contributed by atoms with E-state index in [1.54, 1.807) is 18.2 Å². The van der Waals surface area contributed by atoms with Crippen LogP contribution in [0.25, 0.3) is 0 Å². The van der Waals surface area contributed by atoms with Crippen molar-refractivity contribution in [2.75, 3.05) is 6.61 Å². The van der Waals surface area contributed by atoms with Gasteiger partial charge in [0.15, 0.2) is 6.61 Å². The van der Waals surface area contributed by atoms with Gasteiger partial charge in [-0.15, -0.1) is 0 Å². The Labute approximate surface area is 142 Å². The van der Waals surface area contributed by atoms with Crippen LogP contribution in [0.2, 0.25) is 10.2 Å². The van der Waals surface area contributed by atoms with E-state index in [1.807, 2.05) is 6.92 Å². The highest BCUT2D eigenvalue weighted by Crippen LogP contribution is 2.21. The van der Waals surface area contributed by atoms with Crippen LogP contribution in [-0.2, 0) is 4.79 Å².